The van der Waals surface area contributed by atoms with Crippen LogP contribution in [-0.4, -0.2) is 22.8 Å². The number of carbonyl (C=O) groups is 3. The number of ether oxygens (including phenoxy) is 1. The van der Waals surface area contributed by atoms with Gasteiger partial charge in [0, 0.05) is 16.7 Å². The summed E-state index contributed by atoms with van der Waals surface area (Å²) in [4.78, 5) is 34.7. The van der Waals surface area contributed by atoms with Crippen LogP contribution in [0.25, 0.3) is 0 Å². The zero-order valence-electron chi connectivity index (χ0n) is 12.4. The predicted molar refractivity (Wildman–Crippen MR) is 83.7 cm³/mol. The van der Waals surface area contributed by atoms with Gasteiger partial charge >= 0.3 is 11.9 Å². The number of ketones is 1. The van der Waals surface area contributed by atoms with E-state index in [4.69, 9.17) is 9.84 Å². The Morgan fingerprint density at radius 1 is 0.957 bits per heavy atom. The van der Waals surface area contributed by atoms with Crippen LogP contribution in [0.4, 0.5) is 0 Å². The number of hydrogen-bond donors (Lipinski definition) is 1. The molecule has 0 fully saturated rings. The lowest BCUT2D eigenvalue weighted by molar-refractivity contribution is -0.130. The van der Waals surface area contributed by atoms with Crippen LogP contribution in [0.2, 0.25) is 0 Å². The van der Waals surface area contributed by atoms with Gasteiger partial charge in [-0.05, 0) is 43.3 Å². The molecular formula is C18H14O5. The van der Waals surface area contributed by atoms with Gasteiger partial charge in [-0.15, -0.1) is 0 Å². The van der Waals surface area contributed by atoms with Crippen LogP contribution in [0, 0.1) is 0 Å². The molecule has 2 aromatic carbocycles. The largest absolute Gasteiger partial charge is 0.478 e. The molecule has 0 heterocycles. The molecule has 2 aromatic rings. The molecule has 1 N–H and O–H groups in total. The first-order chi connectivity index (χ1) is 10.9. The van der Waals surface area contributed by atoms with Crippen molar-refractivity contribution in [3.63, 3.8) is 0 Å². The van der Waals surface area contributed by atoms with Crippen molar-refractivity contribution in [2.75, 3.05) is 0 Å². The highest BCUT2D eigenvalue weighted by Gasteiger charge is 2.12. The SMILES string of the molecule is C=C(C)C(=O)Oc1ccc(C(=O)c2cccc(C(=O)O)c2)cc1. The molecule has 116 valence electrons. The number of rotatable bonds is 5. The van der Waals surface area contributed by atoms with Crippen LogP contribution in [0.3, 0.4) is 0 Å². The summed E-state index contributed by atoms with van der Waals surface area (Å²) in [6.07, 6.45) is 0. The second kappa shape index (κ2) is 6.70. The average molecular weight is 310 g/mol. The Labute approximate surface area is 132 Å². The first-order valence-electron chi connectivity index (χ1n) is 6.74. The number of esters is 1. The molecule has 0 saturated carbocycles. The van der Waals surface area contributed by atoms with Crippen molar-refractivity contribution in [1.82, 2.24) is 0 Å². The van der Waals surface area contributed by atoms with E-state index in [2.05, 4.69) is 6.58 Å². The molecule has 5 heteroatoms. The topological polar surface area (TPSA) is 80.7 Å². The van der Waals surface area contributed by atoms with Crippen LogP contribution in [0.1, 0.15) is 33.2 Å². The Morgan fingerprint density at radius 2 is 1.57 bits per heavy atom. The van der Waals surface area contributed by atoms with E-state index >= 15 is 0 Å². The number of hydrogen-bond acceptors (Lipinski definition) is 4. The smallest absolute Gasteiger partial charge is 0.338 e. The van der Waals surface area contributed by atoms with Crippen LogP contribution in [-0.2, 0) is 4.79 Å². The zero-order chi connectivity index (χ0) is 17.0. The van der Waals surface area contributed by atoms with Crippen molar-refractivity contribution in [1.29, 1.82) is 0 Å². The fourth-order valence-corrected chi connectivity index (χ4v) is 1.83. The lowest BCUT2D eigenvalue weighted by Gasteiger charge is -2.06. The van der Waals surface area contributed by atoms with Crippen molar-refractivity contribution in [2.24, 2.45) is 0 Å². The third kappa shape index (κ3) is 3.91. The average Bonchev–Trinajstić information content (AvgIpc) is 2.55. The van der Waals surface area contributed by atoms with E-state index in [0.29, 0.717) is 11.3 Å². The first kappa shape index (κ1) is 16.2. The van der Waals surface area contributed by atoms with Crippen LogP contribution < -0.4 is 4.74 Å². The lowest BCUT2D eigenvalue weighted by atomic mass is 10.0. The quantitative estimate of drug-likeness (QED) is 0.397. The molecule has 0 radical (unpaired) electrons. The number of aromatic carboxylic acids is 1. The highest BCUT2D eigenvalue weighted by Crippen LogP contribution is 2.17. The van der Waals surface area contributed by atoms with Crippen LogP contribution in [0.15, 0.2) is 60.7 Å². The molecule has 0 amide bonds. The van der Waals surface area contributed by atoms with Crippen LogP contribution in [0.5, 0.6) is 5.75 Å². The van der Waals surface area contributed by atoms with E-state index < -0.39 is 11.9 Å². The third-order valence-corrected chi connectivity index (χ3v) is 3.05. The molecule has 0 aliphatic heterocycles. The van der Waals surface area contributed by atoms with Crippen LogP contribution >= 0.6 is 0 Å². The molecule has 0 bridgehead atoms. The molecule has 5 nitrogen and oxygen atoms in total. The van der Waals surface area contributed by atoms with Gasteiger partial charge in [-0.25, -0.2) is 9.59 Å². The van der Waals surface area contributed by atoms with Gasteiger partial charge < -0.3 is 9.84 Å². The maximum Gasteiger partial charge on any atom is 0.338 e. The Morgan fingerprint density at radius 3 is 2.13 bits per heavy atom. The Balaban J connectivity index is 2.20. The standard InChI is InChI=1S/C18H14O5/c1-11(2)18(22)23-15-8-6-12(7-9-15)16(19)13-4-3-5-14(10-13)17(20)21/h3-10H,1H2,2H3,(H,20,21). The summed E-state index contributed by atoms with van der Waals surface area (Å²) < 4.78 is 5.04. The summed E-state index contributed by atoms with van der Waals surface area (Å²) in [5.41, 5.74) is 0.956. The minimum Gasteiger partial charge on any atom is -0.478 e. The zero-order valence-corrected chi connectivity index (χ0v) is 12.4. The van der Waals surface area contributed by atoms with Gasteiger partial charge in [0.1, 0.15) is 5.75 Å². The van der Waals surface area contributed by atoms with Gasteiger partial charge in [0.15, 0.2) is 5.78 Å². The van der Waals surface area contributed by atoms with Gasteiger partial charge in [-0.2, -0.15) is 0 Å². The fourth-order valence-electron chi connectivity index (χ4n) is 1.83. The molecular weight excluding hydrogens is 296 g/mol. The molecule has 2 rings (SSSR count). The summed E-state index contributed by atoms with van der Waals surface area (Å²) in [6.45, 7) is 5.02. The van der Waals surface area contributed by atoms with E-state index in [1.165, 1.54) is 49.4 Å². The summed E-state index contributed by atoms with van der Waals surface area (Å²) in [7, 11) is 0. The van der Waals surface area contributed by atoms with Gasteiger partial charge in [0.05, 0.1) is 5.56 Å². The number of benzene rings is 2. The molecule has 0 saturated heterocycles. The normalized spacial score (nSPS) is 9.96. The monoisotopic (exact) mass is 310 g/mol. The van der Waals surface area contributed by atoms with Gasteiger partial charge in [0.25, 0.3) is 0 Å². The van der Waals surface area contributed by atoms with Crippen molar-refractivity contribution < 1.29 is 24.2 Å². The molecule has 0 aliphatic carbocycles. The van der Waals surface area contributed by atoms with Gasteiger partial charge in [-0.3, -0.25) is 4.79 Å². The summed E-state index contributed by atoms with van der Waals surface area (Å²) in [6, 6.07) is 11.8. The van der Waals surface area contributed by atoms with Crippen molar-refractivity contribution >= 4 is 17.7 Å². The van der Waals surface area contributed by atoms with E-state index in [9.17, 15) is 14.4 Å². The molecule has 0 spiro atoms. The second-order valence-corrected chi connectivity index (χ2v) is 4.91. The third-order valence-electron chi connectivity index (χ3n) is 3.05. The highest BCUT2D eigenvalue weighted by atomic mass is 16.5. The first-order valence-corrected chi connectivity index (χ1v) is 6.74. The molecule has 0 aromatic heterocycles. The van der Waals surface area contributed by atoms with E-state index in [0.717, 1.165) is 0 Å². The highest BCUT2D eigenvalue weighted by molar-refractivity contribution is 6.10. The summed E-state index contributed by atoms with van der Waals surface area (Å²) >= 11 is 0. The maximum atomic E-state index is 12.3. The summed E-state index contributed by atoms with van der Waals surface area (Å²) in [5.74, 6) is -1.65. The molecule has 23 heavy (non-hydrogen) atoms. The van der Waals surface area contributed by atoms with Crippen molar-refractivity contribution in [3.05, 3.63) is 77.4 Å². The number of carboxylic acid groups (broad SMARTS) is 1. The Bertz CT molecular complexity index is 787. The van der Waals surface area contributed by atoms with E-state index in [-0.39, 0.29) is 22.5 Å². The van der Waals surface area contributed by atoms with Crippen molar-refractivity contribution in [2.45, 2.75) is 6.92 Å². The molecule has 0 aliphatic rings. The predicted octanol–water partition coefficient (Wildman–Crippen LogP) is 3.10. The van der Waals surface area contributed by atoms with Crippen molar-refractivity contribution in [3.8, 4) is 5.75 Å². The maximum absolute atomic E-state index is 12.3. The Kier molecular flexibility index (Phi) is 4.71. The lowest BCUT2D eigenvalue weighted by Crippen LogP contribution is -2.08. The minimum absolute atomic E-state index is 0.0443. The van der Waals surface area contributed by atoms with E-state index in [1.54, 1.807) is 6.07 Å². The molecule has 0 atom stereocenters. The minimum atomic E-state index is -1.10. The van der Waals surface area contributed by atoms with E-state index in [1.807, 2.05) is 0 Å². The van der Waals surface area contributed by atoms with Gasteiger partial charge in [-0.1, -0.05) is 18.7 Å². The fraction of sp³-hybridized carbons (Fsp3) is 0.0556. The Hall–Kier alpha value is -3.21. The summed E-state index contributed by atoms with van der Waals surface area (Å²) in [5, 5.41) is 8.96. The van der Waals surface area contributed by atoms with Gasteiger partial charge in [0.2, 0.25) is 0 Å². The number of carboxylic acids is 1. The number of carbonyl (C=O) groups excluding carboxylic acids is 2. The molecule has 0 unspecified atom stereocenters. The second-order valence-electron chi connectivity index (χ2n) is 4.91.